The number of rotatable bonds is 6. The van der Waals surface area contributed by atoms with E-state index in [1.165, 1.54) is 44.6 Å². The first-order valence-corrected chi connectivity index (χ1v) is 9.99. The van der Waals surface area contributed by atoms with Gasteiger partial charge in [-0.1, -0.05) is 12.1 Å². The van der Waals surface area contributed by atoms with E-state index in [0.29, 0.717) is 25.1 Å². The molecule has 8 heteroatoms. The molecular formula is C23H25FN2O5. The highest BCUT2D eigenvalue weighted by Gasteiger charge is 2.25. The van der Waals surface area contributed by atoms with Crippen molar-refractivity contribution in [3.8, 4) is 0 Å². The maximum atomic E-state index is 13.1. The molecule has 3 rings (SSSR count). The molecule has 0 bridgehead atoms. The highest BCUT2D eigenvalue weighted by Crippen LogP contribution is 2.23. The first-order valence-electron chi connectivity index (χ1n) is 9.99. The van der Waals surface area contributed by atoms with Gasteiger partial charge in [0, 0.05) is 18.2 Å². The molecule has 164 valence electrons. The molecule has 1 N–H and O–H groups in total. The Balaban J connectivity index is 1.62. The van der Waals surface area contributed by atoms with Crippen molar-refractivity contribution in [2.45, 2.75) is 19.4 Å². The molecule has 0 atom stereocenters. The van der Waals surface area contributed by atoms with Gasteiger partial charge in [0.2, 0.25) is 5.91 Å². The predicted octanol–water partition coefficient (Wildman–Crippen LogP) is 3.25. The first kappa shape index (κ1) is 22.4. The minimum absolute atomic E-state index is 0.148. The van der Waals surface area contributed by atoms with Crippen molar-refractivity contribution in [2.24, 2.45) is 5.92 Å². The lowest BCUT2D eigenvalue weighted by Crippen LogP contribution is -2.37. The number of carbonyl (C=O) groups is 3. The summed E-state index contributed by atoms with van der Waals surface area (Å²) in [7, 11) is 2.48. The van der Waals surface area contributed by atoms with E-state index in [1.54, 1.807) is 12.1 Å². The number of carbonyl (C=O) groups excluding carboxylic acids is 3. The average molecular weight is 428 g/mol. The first-order chi connectivity index (χ1) is 14.9. The van der Waals surface area contributed by atoms with Gasteiger partial charge >= 0.3 is 11.9 Å². The number of piperidine rings is 1. The van der Waals surface area contributed by atoms with Crippen LogP contribution in [-0.2, 0) is 20.8 Å². The Morgan fingerprint density at radius 2 is 1.52 bits per heavy atom. The van der Waals surface area contributed by atoms with Crippen LogP contribution in [-0.4, -0.2) is 50.1 Å². The van der Waals surface area contributed by atoms with Crippen LogP contribution in [0.2, 0.25) is 0 Å². The SMILES string of the molecule is COC(=O)c1cc(NC(=O)C2CCN(Cc3ccc(F)cc3)CC2)cc(C(=O)OC)c1. The van der Waals surface area contributed by atoms with Crippen molar-refractivity contribution >= 4 is 23.5 Å². The van der Waals surface area contributed by atoms with Gasteiger partial charge in [0.15, 0.2) is 0 Å². The van der Waals surface area contributed by atoms with Gasteiger partial charge in [-0.3, -0.25) is 9.69 Å². The third-order valence-electron chi connectivity index (χ3n) is 5.32. The van der Waals surface area contributed by atoms with Crippen LogP contribution in [0.1, 0.15) is 39.1 Å². The summed E-state index contributed by atoms with van der Waals surface area (Å²) in [5.74, 6) is -1.84. The molecule has 0 unspecified atom stereocenters. The van der Waals surface area contributed by atoms with Crippen molar-refractivity contribution in [1.29, 1.82) is 0 Å². The molecule has 1 heterocycles. The van der Waals surface area contributed by atoms with E-state index >= 15 is 0 Å². The lowest BCUT2D eigenvalue weighted by Gasteiger charge is -2.31. The number of ether oxygens (including phenoxy) is 2. The second-order valence-corrected chi connectivity index (χ2v) is 7.45. The Bertz CT molecular complexity index is 919. The standard InChI is InChI=1S/C23H25FN2O5/c1-30-22(28)17-11-18(23(29)31-2)13-20(12-17)25-21(27)16-7-9-26(10-8-16)14-15-3-5-19(24)6-4-15/h3-6,11-13,16H,7-10,14H2,1-2H3,(H,25,27). The fourth-order valence-electron chi connectivity index (χ4n) is 3.62. The predicted molar refractivity (Wildman–Crippen MR) is 112 cm³/mol. The number of hydrogen-bond acceptors (Lipinski definition) is 6. The molecule has 7 nitrogen and oxygen atoms in total. The van der Waals surface area contributed by atoms with Crippen molar-refractivity contribution < 1.29 is 28.2 Å². The highest BCUT2D eigenvalue weighted by atomic mass is 19.1. The van der Waals surface area contributed by atoms with Crippen LogP contribution in [0.15, 0.2) is 42.5 Å². The van der Waals surface area contributed by atoms with Crippen LogP contribution in [0.3, 0.4) is 0 Å². The minimum atomic E-state index is -0.615. The van der Waals surface area contributed by atoms with Crippen LogP contribution >= 0.6 is 0 Å². The largest absolute Gasteiger partial charge is 0.465 e. The van der Waals surface area contributed by atoms with Crippen LogP contribution in [0.4, 0.5) is 10.1 Å². The summed E-state index contributed by atoms with van der Waals surface area (Å²) in [5, 5.41) is 2.81. The summed E-state index contributed by atoms with van der Waals surface area (Å²) in [4.78, 5) is 38.8. The van der Waals surface area contributed by atoms with Gasteiger partial charge in [0.25, 0.3) is 0 Å². The number of methoxy groups -OCH3 is 2. The summed E-state index contributed by atoms with van der Waals surface area (Å²) in [6.45, 7) is 2.19. The number of benzene rings is 2. The fraction of sp³-hybridized carbons (Fsp3) is 0.348. The van der Waals surface area contributed by atoms with Crippen LogP contribution in [0.25, 0.3) is 0 Å². The third-order valence-corrected chi connectivity index (χ3v) is 5.32. The molecule has 0 saturated carbocycles. The molecule has 1 fully saturated rings. The number of anilines is 1. The number of hydrogen-bond donors (Lipinski definition) is 1. The maximum absolute atomic E-state index is 13.1. The second-order valence-electron chi connectivity index (χ2n) is 7.45. The zero-order valence-electron chi connectivity index (χ0n) is 17.5. The van der Waals surface area contributed by atoms with Gasteiger partial charge in [0.05, 0.1) is 25.3 Å². The monoisotopic (exact) mass is 428 g/mol. The molecule has 0 aromatic heterocycles. The molecule has 2 aromatic carbocycles. The Morgan fingerprint density at radius 3 is 2.03 bits per heavy atom. The van der Waals surface area contributed by atoms with E-state index in [9.17, 15) is 18.8 Å². The molecule has 0 spiro atoms. The van der Waals surface area contributed by atoms with Gasteiger partial charge in [-0.2, -0.15) is 0 Å². The lowest BCUT2D eigenvalue weighted by atomic mass is 9.95. The third kappa shape index (κ3) is 5.88. The van der Waals surface area contributed by atoms with Gasteiger partial charge in [-0.25, -0.2) is 14.0 Å². The van der Waals surface area contributed by atoms with E-state index < -0.39 is 11.9 Å². The van der Waals surface area contributed by atoms with Gasteiger partial charge < -0.3 is 14.8 Å². The number of nitrogens with zero attached hydrogens (tertiary/aromatic N) is 1. The zero-order chi connectivity index (χ0) is 22.4. The Kier molecular flexibility index (Phi) is 7.36. The molecule has 1 saturated heterocycles. The zero-order valence-corrected chi connectivity index (χ0v) is 17.5. The molecular weight excluding hydrogens is 403 g/mol. The van der Waals surface area contributed by atoms with Crippen LogP contribution in [0, 0.1) is 11.7 Å². The van der Waals surface area contributed by atoms with Gasteiger partial charge in [-0.15, -0.1) is 0 Å². The highest BCUT2D eigenvalue weighted by molar-refractivity contribution is 5.99. The van der Waals surface area contributed by atoms with Crippen molar-refractivity contribution in [3.05, 3.63) is 65.0 Å². The van der Waals surface area contributed by atoms with E-state index in [2.05, 4.69) is 10.2 Å². The quantitative estimate of drug-likeness (QED) is 0.711. The molecule has 1 amide bonds. The Hall–Kier alpha value is -3.26. The number of likely N-dealkylation sites (tertiary alicyclic amines) is 1. The van der Waals surface area contributed by atoms with E-state index in [0.717, 1.165) is 18.7 Å². The van der Waals surface area contributed by atoms with Gasteiger partial charge in [-0.05, 0) is 61.8 Å². The molecule has 0 radical (unpaired) electrons. The number of halogens is 1. The summed E-state index contributed by atoms with van der Waals surface area (Å²) in [6.07, 6.45) is 1.35. The van der Waals surface area contributed by atoms with Gasteiger partial charge in [0.1, 0.15) is 5.82 Å². The lowest BCUT2D eigenvalue weighted by molar-refractivity contribution is -0.121. The van der Waals surface area contributed by atoms with E-state index in [4.69, 9.17) is 9.47 Å². The minimum Gasteiger partial charge on any atom is -0.465 e. The topological polar surface area (TPSA) is 84.9 Å². The summed E-state index contributed by atoms with van der Waals surface area (Å²) < 4.78 is 22.5. The Labute approximate surface area is 180 Å². The second kappa shape index (κ2) is 10.2. The van der Waals surface area contributed by atoms with Crippen molar-refractivity contribution in [1.82, 2.24) is 4.90 Å². The molecule has 1 aliphatic rings. The average Bonchev–Trinajstić information content (AvgIpc) is 2.79. The van der Waals surface area contributed by atoms with E-state index in [1.807, 2.05) is 0 Å². The number of nitrogens with one attached hydrogen (secondary N) is 1. The summed E-state index contributed by atoms with van der Waals surface area (Å²) >= 11 is 0. The summed E-state index contributed by atoms with van der Waals surface area (Å²) in [6, 6.07) is 10.7. The van der Waals surface area contributed by atoms with E-state index in [-0.39, 0.29) is 28.8 Å². The van der Waals surface area contributed by atoms with Crippen LogP contribution < -0.4 is 5.32 Å². The van der Waals surface area contributed by atoms with Crippen molar-refractivity contribution in [2.75, 3.05) is 32.6 Å². The number of amides is 1. The molecule has 0 aliphatic carbocycles. The molecule has 31 heavy (non-hydrogen) atoms. The summed E-state index contributed by atoms with van der Waals surface area (Å²) in [5.41, 5.74) is 1.66. The van der Waals surface area contributed by atoms with Crippen molar-refractivity contribution in [3.63, 3.8) is 0 Å². The molecule has 1 aliphatic heterocycles. The molecule has 2 aromatic rings. The number of esters is 2. The smallest absolute Gasteiger partial charge is 0.337 e. The van der Waals surface area contributed by atoms with Crippen LogP contribution in [0.5, 0.6) is 0 Å². The normalized spacial score (nSPS) is 14.7. The maximum Gasteiger partial charge on any atom is 0.337 e. The Morgan fingerprint density at radius 1 is 0.968 bits per heavy atom. The fourth-order valence-corrected chi connectivity index (χ4v) is 3.62.